The van der Waals surface area contributed by atoms with Crippen LogP contribution in [0.3, 0.4) is 0 Å². The number of nitrogens with one attached hydrogen (secondary N) is 2. The number of sulfonamides is 1. The molecule has 0 bridgehead atoms. The Morgan fingerprint density at radius 2 is 1.78 bits per heavy atom. The lowest BCUT2D eigenvalue weighted by Gasteiger charge is -2.42. The van der Waals surface area contributed by atoms with Crippen LogP contribution < -0.4 is 19.5 Å². The minimum Gasteiger partial charge on any atom is -0.494 e. The van der Waals surface area contributed by atoms with E-state index >= 15 is 13.6 Å². The van der Waals surface area contributed by atoms with Crippen molar-refractivity contribution < 1.29 is 55.3 Å². The summed E-state index contributed by atoms with van der Waals surface area (Å²) in [5.74, 6) is -4.97. The van der Waals surface area contributed by atoms with Gasteiger partial charge in [-0.3, -0.25) is 28.9 Å². The van der Waals surface area contributed by atoms with E-state index in [0.29, 0.717) is 48.6 Å². The summed E-state index contributed by atoms with van der Waals surface area (Å²) >= 11 is 0. The number of carbonyl (C=O) groups excluding carboxylic acids is 3. The minimum atomic E-state index is -4.52. The topological polar surface area (TPSA) is 185 Å². The van der Waals surface area contributed by atoms with Crippen molar-refractivity contribution in [1.29, 1.82) is 0 Å². The van der Waals surface area contributed by atoms with Crippen LogP contribution in [-0.2, 0) is 24.4 Å². The summed E-state index contributed by atoms with van der Waals surface area (Å²) in [6, 6.07) is -2.17. The zero-order valence-electron chi connectivity index (χ0n) is 33.7. The molecule has 2 saturated carbocycles. The number of rotatable bonds is 10. The van der Waals surface area contributed by atoms with Crippen LogP contribution in [0, 0.1) is 17.8 Å². The Kier molecular flexibility index (Phi) is 11.7. The standard InChI is InChI=1S/C40H54F3N5O9S/c1-7-25(4)47(36(52)53)31-24(3)18-23(2)12-8-9-13-26-19-39(26,35(51)46-58(54,55)38(22-41)16-17-38)45-32(49)29-20-37(5,40(42,43)48(29)34(31)50)57-33-28-15-11-10-14-27(28)30(56-6)21-44-33/h10-11,14-15,21,23-26,29,31H,7-9,12-13,16-20,22H2,1-6H3,(H,45,49)(H,46,51)(H,52,53)/t23-,24+,25?,26+,29-,31-,37+,39+/m0/s1. The van der Waals surface area contributed by atoms with Gasteiger partial charge in [0.2, 0.25) is 21.8 Å². The Balaban J connectivity index is 1.47. The molecule has 58 heavy (non-hydrogen) atoms. The molecular weight excluding hydrogens is 784 g/mol. The van der Waals surface area contributed by atoms with E-state index in [1.807, 2.05) is 11.6 Å². The highest BCUT2D eigenvalue weighted by Gasteiger charge is 2.71. The number of halogens is 3. The van der Waals surface area contributed by atoms with Crippen molar-refractivity contribution in [2.75, 3.05) is 13.8 Å². The highest BCUT2D eigenvalue weighted by atomic mass is 32.2. The van der Waals surface area contributed by atoms with Gasteiger partial charge in [-0.1, -0.05) is 58.2 Å². The van der Waals surface area contributed by atoms with Crippen LogP contribution in [0.4, 0.5) is 18.0 Å². The van der Waals surface area contributed by atoms with Crippen molar-refractivity contribution in [1.82, 2.24) is 24.8 Å². The molecule has 18 heteroatoms. The molecule has 0 radical (unpaired) electrons. The molecule has 6 rings (SSSR count). The molecule has 8 atom stereocenters. The summed E-state index contributed by atoms with van der Waals surface area (Å²) in [6.07, 6.45) is 1.73. The first-order chi connectivity index (χ1) is 27.2. The first-order valence-electron chi connectivity index (χ1n) is 20.0. The van der Waals surface area contributed by atoms with E-state index in [2.05, 4.69) is 10.3 Å². The summed E-state index contributed by atoms with van der Waals surface area (Å²) in [7, 11) is -3.10. The zero-order valence-corrected chi connectivity index (χ0v) is 34.5. The third kappa shape index (κ3) is 7.42. The molecule has 320 valence electrons. The number of ether oxygens (including phenoxy) is 2. The third-order valence-electron chi connectivity index (χ3n) is 13.0. The van der Waals surface area contributed by atoms with Gasteiger partial charge in [-0.05, 0) is 76.2 Å². The van der Waals surface area contributed by atoms with E-state index in [0.717, 1.165) is 11.8 Å². The normalized spacial score (nSPS) is 31.4. The van der Waals surface area contributed by atoms with Gasteiger partial charge < -0.3 is 19.9 Å². The molecular formula is C40H54F3N5O9S. The second kappa shape index (κ2) is 15.7. The fourth-order valence-electron chi connectivity index (χ4n) is 8.96. The van der Waals surface area contributed by atoms with Gasteiger partial charge in [0.05, 0.1) is 13.3 Å². The molecule has 1 unspecified atom stereocenters. The molecule has 3 heterocycles. The Bertz CT molecular complexity index is 2050. The maximum atomic E-state index is 17.6. The van der Waals surface area contributed by atoms with Crippen LogP contribution in [0.2, 0.25) is 0 Å². The molecule has 2 saturated heterocycles. The Labute approximate surface area is 336 Å². The summed E-state index contributed by atoms with van der Waals surface area (Å²) in [5.41, 5.74) is -4.52. The average molecular weight is 838 g/mol. The van der Waals surface area contributed by atoms with Gasteiger partial charge in [0, 0.05) is 23.2 Å². The number of hydrogen-bond donors (Lipinski definition) is 3. The van der Waals surface area contributed by atoms with Crippen LogP contribution in [-0.4, -0.2) is 106 Å². The quantitative estimate of drug-likeness (QED) is 0.248. The summed E-state index contributed by atoms with van der Waals surface area (Å²) in [4.78, 5) is 61.9. The number of methoxy groups -OCH3 is 1. The second-order valence-electron chi connectivity index (χ2n) is 17.1. The SMILES string of the molecule is CCC(C)N(C(=O)O)[C@@H]1C(=O)N2[C@@H](C[C@@](C)(Oc3ncc(OC)c4ccccc34)C2(F)F)C(=O)N[C@]2(C(=O)NS(=O)(=O)C3(CF)CC3)C[C@H]2CCCC[C@H](C)C[C@H]1C. The number of pyridine rings is 1. The summed E-state index contributed by atoms with van der Waals surface area (Å²) < 4.78 is 87.3. The van der Waals surface area contributed by atoms with Crippen LogP contribution >= 0.6 is 0 Å². The monoisotopic (exact) mass is 837 g/mol. The van der Waals surface area contributed by atoms with E-state index in [9.17, 15) is 32.3 Å². The predicted molar refractivity (Wildman–Crippen MR) is 206 cm³/mol. The number of fused-ring (bicyclic) bond motifs is 3. The van der Waals surface area contributed by atoms with Crippen molar-refractivity contribution in [3.63, 3.8) is 0 Å². The van der Waals surface area contributed by atoms with Gasteiger partial charge in [0.1, 0.15) is 34.8 Å². The minimum absolute atomic E-state index is 0.00182. The maximum absolute atomic E-state index is 17.6. The summed E-state index contributed by atoms with van der Waals surface area (Å²) in [5, 5.41) is 13.9. The molecule has 2 aliphatic heterocycles. The number of alkyl halides is 3. The van der Waals surface area contributed by atoms with E-state index in [-0.39, 0.29) is 42.4 Å². The van der Waals surface area contributed by atoms with Crippen LogP contribution in [0.15, 0.2) is 30.5 Å². The first-order valence-corrected chi connectivity index (χ1v) is 21.5. The van der Waals surface area contributed by atoms with Crippen LogP contribution in [0.25, 0.3) is 10.8 Å². The molecule has 2 aliphatic carbocycles. The molecule has 4 fully saturated rings. The first kappa shape index (κ1) is 43.2. The lowest BCUT2D eigenvalue weighted by atomic mass is 9.86. The molecule has 0 spiro atoms. The fourth-order valence-corrected chi connectivity index (χ4v) is 10.4. The average Bonchev–Trinajstić information content (AvgIpc) is 4.09. The van der Waals surface area contributed by atoms with Gasteiger partial charge in [-0.25, -0.2) is 22.6 Å². The number of benzene rings is 1. The molecule has 2 aromatic rings. The second-order valence-corrected chi connectivity index (χ2v) is 19.2. The van der Waals surface area contributed by atoms with E-state index in [4.69, 9.17) is 9.47 Å². The number of amides is 4. The van der Waals surface area contributed by atoms with Crippen molar-refractivity contribution in [2.24, 2.45) is 17.8 Å². The summed E-state index contributed by atoms with van der Waals surface area (Å²) in [6.45, 7) is 6.67. The van der Waals surface area contributed by atoms with Gasteiger partial charge in [0.15, 0.2) is 5.60 Å². The van der Waals surface area contributed by atoms with Crippen molar-refractivity contribution in [3.8, 4) is 11.6 Å². The fraction of sp³-hybridized carbons (Fsp3) is 0.675. The van der Waals surface area contributed by atoms with Gasteiger partial charge in [-0.15, -0.1) is 0 Å². The highest BCUT2D eigenvalue weighted by molar-refractivity contribution is 7.91. The number of nitrogens with zero attached hydrogens (tertiary/aromatic N) is 3. The molecule has 4 aliphatic rings. The lowest BCUT2D eigenvalue weighted by Crippen LogP contribution is -2.64. The molecule has 1 aromatic carbocycles. The van der Waals surface area contributed by atoms with Gasteiger partial charge in [0.25, 0.3) is 11.8 Å². The van der Waals surface area contributed by atoms with Crippen molar-refractivity contribution in [2.45, 2.75) is 139 Å². The van der Waals surface area contributed by atoms with E-state index in [1.54, 1.807) is 45.0 Å². The maximum Gasteiger partial charge on any atom is 0.408 e. The lowest BCUT2D eigenvalue weighted by molar-refractivity contribution is -0.219. The van der Waals surface area contributed by atoms with Crippen molar-refractivity contribution >= 4 is 44.6 Å². The molecule has 14 nitrogen and oxygen atoms in total. The molecule has 3 N–H and O–H groups in total. The zero-order chi connectivity index (χ0) is 42.6. The van der Waals surface area contributed by atoms with Crippen molar-refractivity contribution in [3.05, 3.63) is 30.5 Å². The smallest absolute Gasteiger partial charge is 0.408 e. The van der Waals surface area contributed by atoms with Gasteiger partial charge in [-0.2, -0.15) is 8.78 Å². The number of hydrogen-bond acceptors (Lipinski definition) is 9. The third-order valence-corrected chi connectivity index (χ3v) is 15.1. The van der Waals surface area contributed by atoms with Crippen LogP contribution in [0.1, 0.15) is 98.8 Å². The number of carboxylic acid groups (broad SMARTS) is 1. The number of aromatic nitrogens is 1. The van der Waals surface area contributed by atoms with Crippen LogP contribution in [0.5, 0.6) is 11.6 Å². The van der Waals surface area contributed by atoms with Gasteiger partial charge >= 0.3 is 12.1 Å². The predicted octanol–water partition coefficient (Wildman–Crippen LogP) is 5.78. The number of carbonyl (C=O) groups is 4. The Morgan fingerprint density at radius 3 is 2.38 bits per heavy atom. The largest absolute Gasteiger partial charge is 0.494 e. The van der Waals surface area contributed by atoms with E-state index < -0.39 is 98.8 Å². The van der Waals surface area contributed by atoms with E-state index in [1.165, 1.54) is 13.3 Å². The highest BCUT2D eigenvalue weighted by Crippen LogP contribution is 2.52. The molecule has 1 aromatic heterocycles. The Morgan fingerprint density at radius 1 is 1.12 bits per heavy atom. The molecule has 4 amide bonds. The Hall–Kier alpha value is -4.35.